The molecule has 3 atom stereocenters. The van der Waals surface area contributed by atoms with Gasteiger partial charge in [-0.2, -0.15) is 0 Å². The third-order valence-corrected chi connectivity index (χ3v) is 6.49. The number of hydrogen-bond donors (Lipinski definition) is 2. The van der Waals surface area contributed by atoms with Gasteiger partial charge in [-0.15, -0.1) is 0 Å². The third-order valence-electron chi connectivity index (χ3n) is 6.49. The number of allylic oxidation sites excluding steroid dienone is 1. The fourth-order valence-electron chi connectivity index (χ4n) is 4.65. The minimum atomic E-state index is -0.941. The number of para-hydroxylation sites is 2. The largest absolute Gasteiger partial charge is 0.481 e. The summed E-state index contributed by atoms with van der Waals surface area (Å²) in [4.78, 5) is 27.5. The monoisotopic (exact) mass is 411 g/mol. The molecule has 30 heavy (non-hydrogen) atoms. The van der Waals surface area contributed by atoms with Gasteiger partial charge < -0.3 is 15.0 Å². The second-order valence-electron chi connectivity index (χ2n) is 8.89. The Kier molecular flexibility index (Phi) is 6.95. The van der Waals surface area contributed by atoms with E-state index in [9.17, 15) is 9.59 Å². The van der Waals surface area contributed by atoms with E-state index in [1.807, 2.05) is 12.1 Å². The van der Waals surface area contributed by atoms with E-state index in [0.29, 0.717) is 24.3 Å². The van der Waals surface area contributed by atoms with Crippen molar-refractivity contribution in [2.45, 2.75) is 46.5 Å². The summed E-state index contributed by atoms with van der Waals surface area (Å²) in [6, 6.07) is 8.23. The second-order valence-corrected chi connectivity index (χ2v) is 8.89. The Bertz CT molecular complexity index is 944. The minimum Gasteiger partial charge on any atom is -0.481 e. The molecule has 0 saturated carbocycles. The molecule has 0 saturated heterocycles. The van der Waals surface area contributed by atoms with Crippen molar-refractivity contribution in [2.24, 2.45) is 30.7 Å². The highest BCUT2D eigenvalue weighted by atomic mass is 16.4. The minimum absolute atomic E-state index is 0.0342. The Morgan fingerprint density at radius 3 is 2.67 bits per heavy atom. The second kappa shape index (κ2) is 9.45. The third kappa shape index (κ3) is 5.10. The van der Waals surface area contributed by atoms with Crippen molar-refractivity contribution >= 4 is 22.9 Å². The molecule has 1 aliphatic carbocycles. The van der Waals surface area contributed by atoms with Crippen LogP contribution in [0.15, 0.2) is 35.9 Å². The van der Waals surface area contributed by atoms with Gasteiger partial charge in [-0.05, 0) is 49.1 Å². The van der Waals surface area contributed by atoms with Crippen molar-refractivity contribution in [2.75, 3.05) is 6.54 Å². The molecule has 1 aromatic carbocycles. The molecule has 3 rings (SSSR count). The Morgan fingerprint density at radius 1 is 1.27 bits per heavy atom. The molecular weight excluding hydrogens is 378 g/mol. The number of rotatable bonds is 8. The van der Waals surface area contributed by atoms with Gasteiger partial charge in [0.15, 0.2) is 0 Å². The maximum absolute atomic E-state index is 12.0. The highest BCUT2D eigenvalue weighted by Gasteiger charge is 2.32. The van der Waals surface area contributed by atoms with Gasteiger partial charge in [0.1, 0.15) is 5.82 Å². The van der Waals surface area contributed by atoms with E-state index in [-0.39, 0.29) is 24.7 Å². The summed E-state index contributed by atoms with van der Waals surface area (Å²) in [5, 5.41) is 11.7. The standard InChI is InChI=1S/C24H33N3O3/c1-15(2)19-12-17(13-22-26-20-7-5-6-8-21(20)27(22)4)16(3)11-18(19)14-25-23(28)9-10-24(29)30/h5-8,11,15,17-19H,9-10,12-14H2,1-4H3,(H,25,28)(H,29,30)/t17-,18-,19-/m0/s1. The van der Waals surface area contributed by atoms with Crippen LogP contribution in [0.5, 0.6) is 0 Å². The zero-order valence-electron chi connectivity index (χ0n) is 18.4. The van der Waals surface area contributed by atoms with Crippen molar-refractivity contribution in [3.63, 3.8) is 0 Å². The summed E-state index contributed by atoms with van der Waals surface area (Å²) in [6.45, 7) is 7.23. The lowest BCUT2D eigenvalue weighted by Crippen LogP contribution is -2.37. The first-order valence-electron chi connectivity index (χ1n) is 10.8. The van der Waals surface area contributed by atoms with Crippen LogP contribution in [0.4, 0.5) is 0 Å². The average molecular weight is 412 g/mol. The van der Waals surface area contributed by atoms with Gasteiger partial charge in [0, 0.05) is 26.4 Å². The molecular formula is C24H33N3O3. The lowest BCUT2D eigenvalue weighted by Gasteiger charge is -2.37. The predicted molar refractivity (Wildman–Crippen MR) is 118 cm³/mol. The van der Waals surface area contributed by atoms with Crippen LogP contribution in [0.2, 0.25) is 0 Å². The number of imidazole rings is 1. The van der Waals surface area contributed by atoms with E-state index < -0.39 is 5.97 Å². The number of amides is 1. The van der Waals surface area contributed by atoms with Crippen LogP contribution >= 0.6 is 0 Å². The zero-order chi connectivity index (χ0) is 21.8. The molecule has 0 fully saturated rings. The van der Waals surface area contributed by atoms with Gasteiger partial charge in [0.2, 0.25) is 5.91 Å². The first kappa shape index (κ1) is 22.1. The normalized spacial score (nSPS) is 21.6. The molecule has 1 heterocycles. The van der Waals surface area contributed by atoms with E-state index in [4.69, 9.17) is 10.1 Å². The van der Waals surface area contributed by atoms with Crippen LogP contribution in [-0.2, 0) is 23.1 Å². The van der Waals surface area contributed by atoms with Crippen molar-refractivity contribution in [3.05, 3.63) is 41.7 Å². The van der Waals surface area contributed by atoms with Gasteiger partial charge >= 0.3 is 5.97 Å². The lowest BCUT2D eigenvalue weighted by molar-refractivity contribution is -0.138. The van der Waals surface area contributed by atoms with Crippen LogP contribution in [0, 0.1) is 23.7 Å². The maximum Gasteiger partial charge on any atom is 0.303 e. The Labute approximate surface area is 178 Å². The fourth-order valence-corrected chi connectivity index (χ4v) is 4.65. The highest BCUT2D eigenvalue weighted by molar-refractivity contribution is 5.80. The van der Waals surface area contributed by atoms with E-state index in [1.54, 1.807) is 0 Å². The number of nitrogens with zero attached hydrogens (tertiary/aromatic N) is 2. The van der Waals surface area contributed by atoms with Crippen molar-refractivity contribution in [1.29, 1.82) is 0 Å². The Hall–Kier alpha value is -2.63. The summed E-state index contributed by atoms with van der Waals surface area (Å²) in [5.74, 6) is 1.65. The zero-order valence-corrected chi connectivity index (χ0v) is 18.4. The number of fused-ring (bicyclic) bond motifs is 1. The molecule has 2 aromatic rings. The number of aryl methyl sites for hydroxylation is 1. The molecule has 2 N–H and O–H groups in total. The number of carboxylic acids is 1. The maximum atomic E-state index is 12.0. The molecule has 162 valence electrons. The molecule has 6 nitrogen and oxygen atoms in total. The van der Waals surface area contributed by atoms with Crippen LogP contribution in [0.1, 0.15) is 45.9 Å². The van der Waals surface area contributed by atoms with Crippen LogP contribution in [0.25, 0.3) is 11.0 Å². The lowest BCUT2D eigenvalue weighted by atomic mass is 9.69. The smallest absolute Gasteiger partial charge is 0.303 e. The van der Waals surface area contributed by atoms with E-state index in [1.165, 1.54) is 5.57 Å². The van der Waals surface area contributed by atoms with E-state index >= 15 is 0 Å². The first-order chi connectivity index (χ1) is 14.3. The van der Waals surface area contributed by atoms with Gasteiger partial charge in [-0.3, -0.25) is 9.59 Å². The molecule has 0 radical (unpaired) electrons. The highest BCUT2D eigenvalue weighted by Crippen LogP contribution is 2.38. The molecule has 1 aliphatic rings. The quantitative estimate of drug-likeness (QED) is 0.644. The van der Waals surface area contributed by atoms with E-state index in [2.05, 4.69) is 55.9 Å². The number of nitrogens with one attached hydrogen (secondary N) is 1. The molecule has 0 bridgehead atoms. The SMILES string of the molecule is CC1=C[C@@H](CNC(=O)CCC(=O)O)[C@H](C(C)C)C[C@H]1Cc1nc2ccccc2n1C. The van der Waals surface area contributed by atoms with Crippen molar-refractivity contribution in [3.8, 4) is 0 Å². The molecule has 1 aromatic heterocycles. The Balaban J connectivity index is 1.70. The number of benzene rings is 1. The molecule has 6 heteroatoms. The fraction of sp³-hybridized carbons (Fsp3) is 0.542. The topological polar surface area (TPSA) is 84.2 Å². The number of carbonyl (C=O) groups excluding carboxylic acids is 1. The van der Waals surface area contributed by atoms with Crippen molar-refractivity contribution < 1.29 is 14.7 Å². The summed E-state index contributed by atoms with van der Waals surface area (Å²) in [5.41, 5.74) is 3.55. The van der Waals surface area contributed by atoms with Gasteiger partial charge in [-0.25, -0.2) is 4.98 Å². The average Bonchev–Trinajstić information content (AvgIpc) is 3.02. The summed E-state index contributed by atoms with van der Waals surface area (Å²) in [6.07, 6.45) is 4.21. The van der Waals surface area contributed by atoms with Crippen molar-refractivity contribution in [1.82, 2.24) is 14.9 Å². The first-order valence-corrected chi connectivity index (χ1v) is 10.8. The van der Waals surface area contributed by atoms with E-state index in [0.717, 1.165) is 29.7 Å². The molecule has 0 spiro atoms. The molecule has 0 aliphatic heterocycles. The van der Waals surface area contributed by atoms with Crippen LogP contribution in [-0.4, -0.2) is 33.1 Å². The number of aromatic nitrogens is 2. The Morgan fingerprint density at radius 2 is 2.00 bits per heavy atom. The number of carboxylic acid groups (broad SMARTS) is 1. The predicted octanol–water partition coefficient (Wildman–Crippen LogP) is 3.95. The molecule has 0 unspecified atom stereocenters. The van der Waals surface area contributed by atoms with Gasteiger partial charge in [0.05, 0.1) is 17.5 Å². The number of carbonyl (C=O) groups is 2. The summed E-state index contributed by atoms with van der Waals surface area (Å²) < 4.78 is 2.20. The van der Waals surface area contributed by atoms with Gasteiger partial charge in [-0.1, -0.05) is 37.6 Å². The van der Waals surface area contributed by atoms with Crippen LogP contribution < -0.4 is 5.32 Å². The summed E-state index contributed by atoms with van der Waals surface area (Å²) >= 11 is 0. The number of hydrogen-bond acceptors (Lipinski definition) is 3. The van der Waals surface area contributed by atoms with Crippen LogP contribution in [0.3, 0.4) is 0 Å². The number of aliphatic carboxylic acids is 1. The molecule has 1 amide bonds. The van der Waals surface area contributed by atoms with Gasteiger partial charge in [0.25, 0.3) is 0 Å². The summed E-state index contributed by atoms with van der Waals surface area (Å²) in [7, 11) is 2.09.